The van der Waals surface area contributed by atoms with Crippen molar-refractivity contribution < 1.29 is 27.9 Å². The first-order chi connectivity index (χ1) is 24.6. The highest BCUT2D eigenvalue weighted by Crippen LogP contribution is 2.46. The summed E-state index contributed by atoms with van der Waals surface area (Å²) >= 11 is 0. The van der Waals surface area contributed by atoms with Crippen molar-refractivity contribution in [3.05, 3.63) is 109 Å². The maximum absolute atomic E-state index is 14.2. The standard InChI is InChI=1S/C44H57NO6S/c1-28(2)13-9-15-30(5)17-11-19-32(7)21-22-34-26-35(46)27-36-38-39(41(47)40-44(42(38)48)52(49,50)24-23-45-40)37(51-43(34)36)25-33(8)20-12-18-31(6)16-10-14-29(3)4/h13-14,17-18,21,25-27,37,45-46H,9-12,15-16,19-20,22-24H2,1-8H3/b30-17+,31-18+,32-21+,33-25+. The summed E-state index contributed by atoms with van der Waals surface area (Å²) < 4.78 is 33.0. The highest BCUT2D eigenvalue weighted by Gasteiger charge is 2.48. The Balaban J connectivity index is 1.66. The lowest BCUT2D eigenvalue weighted by Gasteiger charge is -2.35. The molecule has 2 heterocycles. The highest BCUT2D eigenvalue weighted by molar-refractivity contribution is 7.96. The van der Waals surface area contributed by atoms with Gasteiger partial charge >= 0.3 is 0 Å². The number of fused-ring (bicyclic) bond motifs is 2. The van der Waals surface area contributed by atoms with Gasteiger partial charge in [-0.1, -0.05) is 63.8 Å². The normalized spacial score (nSPS) is 19.0. The third-order valence-electron chi connectivity index (χ3n) is 9.69. The minimum atomic E-state index is -3.99. The van der Waals surface area contributed by atoms with Crippen LogP contribution in [0.15, 0.2) is 98.2 Å². The van der Waals surface area contributed by atoms with Gasteiger partial charge in [-0.2, -0.15) is 0 Å². The molecule has 2 aliphatic heterocycles. The molecule has 0 fully saturated rings. The number of allylic oxidation sites excluding steroid dienone is 14. The van der Waals surface area contributed by atoms with Crippen LogP contribution in [0.3, 0.4) is 0 Å². The number of phenolic OH excluding ortho intramolecular Hbond substituents is 1. The van der Waals surface area contributed by atoms with E-state index >= 15 is 0 Å². The maximum atomic E-state index is 14.2. The predicted molar refractivity (Wildman–Crippen MR) is 213 cm³/mol. The summed E-state index contributed by atoms with van der Waals surface area (Å²) in [5.74, 6) is -1.28. The molecule has 0 saturated carbocycles. The van der Waals surface area contributed by atoms with Gasteiger partial charge in [0.15, 0.2) is 9.84 Å². The number of nitrogens with one attached hydrogen (secondary N) is 1. The van der Waals surface area contributed by atoms with Gasteiger partial charge in [-0.05, 0) is 131 Å². The molecular weight excluding hydrogens is 671 g/mol. The summed E-state index contributed by atoms with van der Waals surface area (Å²) in [6.45, 7) is 16.8. The van der Waals surface area contributed by atoms with Crippen LogP contribution in [-0.2, 0) is 25.8 Å². The number of hydrogen-bond donors (Lipinski definition) is 2. The van der Waals surface area contributed by atoms with Crippen molar-refractivity contribution in [3.63, 3.8) is 0 Å². The Morgan fingerprint density at radius 3 is 1.88 bits per heavy atom. The van der Waals surface area contributed by atoms with E-state index < -0.39 is 32.4 Å². The highest BCUT2D eigenvalue weighted by atomic mass is 32.2. The fourth-order valence-electron chi connectivity index (χ4n) is 6.76. The lowest BCUT2D eigenvalue weighted by molar-refractivity contribution is -0.116. The zero-order valence-corrected chi connectivity index (χ0v) is 33.2. The molecule has 0 radical (unpaired) electrons. The minimum Gasteiger partial charge on any atom is -0.508 e. The molecule has 7 nitrogen and oxygen atoms in total. The van der Waals surface area contributed by atoms with E-state index in [4.69, 9.17) is 4.74 Å². The fourth-order valence-corrected chi connectivity index (χ4v) is 8.20. The summed E-state index contributed by atoms with van der Waals surface area (Å²) in [7, 11) is -3.99. The molecule has 0 aromatic heterocycles. The second-order valence-electron chi connectivity index (χ2n) is 15.0. The lowest BCUT2D eigenvalue weighted by atomic mass is 9.81. The molecule has 1 aromatic carbocycles. The third-order valence-corrected chi connectivity index (χ3v) is 11.4. The largest absolute Gasteiger partial charge is 0.508 e. The zero-order chi connectivity index (χ0) is 38.2. The summed E-state index contributed by atoms with van der Waals surface area (Å²) in [5, 5.41) is 13.8. The molecule has 0 saturated heterocycles. The molecule has 1 aromatic rings. The van der Waals surface area contributed by atoms with Crippen LogP contribution in [0.5, 0.6) is 11.5 Å². The average molecular weight is 728 g/mol. The molecule has 1 aliphatic carbocycles. The monoisotopic (exact) mass is 727 g/mol. The van der Waals surface area contributed by atoms with Gasteiger partial charge in [-0.25, -0.2) is 8.42 Å². The molecule has 0 spiro atoms. The zero-order valence-electron chi connectivity index (χ0n) is 32.4. The molecule has 0 amide bonds. The summed E-state index contributed by atoms with van der Waals surface area (Å²) in [6, 6.07) is 3.03. The number of ketones is 2. The van der Waals surface area contributed by atoms with Gasteiger partial charge in [0.05, 0.1) is 11.3 Å². The Morgan fingerprint density at radius 2 is 1.31 bits per heavy atom. The van der Waals surface area contributed by atoms with Gasteiger partial charge < -0.3 is 15.2 Å². The molecular formula is C44H57NO6S. The minimum absolute atomic E-state index is 0.00656. The van der Waals surface area contributed by atoms with Crippen LogP contribution in [-0.4, -0.2) is 43.5 Å². The van der Waals surface area contributed by atoms with Crippen molar-refractivity contribution in [2.75, 3.05) is 12.3 Å². The van der Waals surface area contributed by atoms with Crippen LogP contribution in [0.25, 0.3) is 5.57 Å². The predicted octanol–water partition coefficient (Wildman–Crippen LogP) is 9.67. The number of carbonyl (C=O) groups is 2. The third kappa shape index (κ3) is 10.5. The molecule has 1 unspecified atom stereocenters. The average Bonchev–Trinajstić information content (AvgIpc) is 3.05. The quantitative estimate of drug-likeness (QED) is 0.137. The number of phenols is 1. The first kappa shape index (κ1) is 40.6. The Hall–Kier alpha value is -4.17. The molecule has 3 aliphatic rings. The Labute approximate surface area is 311 Å². The fraction of sp³-hybridized carbons (Fsp3) is 0.455. The first-order valence-electron chi connectivity index (χ1n) is 18.6. The van der Waals surface area contributed by atoms with Crippen molar-refractivity contribution >= 4 is 27.0 Å². The van der Waals surface area contributed by atoms with Crippen molar-refractivity contribution in [3.8, 4) is 11.5 Å². The smallest absolute Gasteiger partial charge is 0.211 e. The summed E-state index contributed by atoms with van der Waals surface area (Å²) in [6.07, 6.45) is 19.9. The number of Topliss-reactive ketones (excluding diaryl/α,β-unsaturated/α-hetero) is 2. The van der Waals surface area contributed by atoms with E-state index in [1.54, 1.807) is 6.07 Å². The van der Waals surface area contributed by atoms with Gasteiger partial charge in [0, 0.05) is 23.2 Å². The first-order valence-corrected chi connectivity index (χ1v) is 20.2. The second-order valence-corrected chi connectivity index (χ2v) is 17.0. The van der Waals surface area contributed by atoms with Crippen molar-refractivity contribution in [1.29, 1.82) is 0 Å². The molecule has 4 rings (SSSR count). The Kier molecular flexibility index (Phi) is 14.1. The van der Waals surface area contributed by atoms with Crippen LogP contribution in [0, 0.1) is 0 Å². The van der Waals surface area contributed by atoms with E-state index in [-0.39, 0.29) is 40.5 Å². The van der Waals surface area contributed by atoms with E-state index in [2.05, 4.69) is 84.2 Å². The van der Waals surface area contributed by atoms with E-state index in [1.807, 2.05) is 13.0 Å². The van der Waals surface area contributed by atoms with Crippen LogP contribution < -0.4 is 10.1 Å². The van der Waals surface area contributed by atoms with E-state index in [0.29, 0.717) is 17.7 Å². The van der Waals surface area contributed by atoms with Crippen LogP contribution in [0.2, 0.25) is 0 Å². The number of sulfone groups is 1. The Bertz CT molecular complexity index is 1940. The van der Waals surface area contributed by atoms with Gasteiger partial charge in [0.2, 0.25) is 11.6 Å². The number of aromatic hydroxyl groups is 1. The van der Waals surface area contributed by atoms with Gasteiger partial charge in [0.25, 0.3) is 0 Å². The summed E-state index contributed by atoms with van der Waals surface area (Å²) in [5.41, 5.74) is 8.29. The molecule has 0 bridgehead atoms. The number of hydrogen-bond acceptors (Lipinski definition) is 7. The van der Waals surface area contributed by atoms with Crippen molar-refractivity contribution in [2.45, 2.75) is 119 Å². The maximum Gasteiger partial charge on any atom is 0.211 e. The molecule has 52 heavy (non-hydrogen) atoms. The van der Waals surface area contributed by atoms with Crippen LogP contribution in [0.4, 0.5) is 0 Å². The van der Waals surface area contributed by atoms with Gasteiger partial charge in [-0.3, -0.25) is 9.59 Å². The number of carbonyl (C=O) groups excluding carboxylic acids is 2. The summed E-state index contributed by atoms with van der Waals surface area (Å²) in [4.78, 5) is 27.8. The van der Waals surface area contributed by atoms with Gasteiger partial charge in [-0.15, -0.1) is 0 Å². The van der Waals surface area contributed by atoms with Crippen LogP contribution in [0.1, 0.15) is 118 Å². The molecule has 8 heteroatoms. The lowest BCUT2D eigenvalue weighted by Crippen LogP contribution is -2.44. The molecule has 280 valence electrons. The number of ether oxygens (including phenoxy) is 1. The van der Waals surface area contributed by atoms with E-state index in [9.17, 15) is 23.1 Å². The topological polar surface area (TPSA) is 110 Å². The van der Waals surface area contributed by atoms with E-state index in [0.717, 1.165) is 56.9 Å². The number of rotatable bonds is 15. The van der Waals surface area contributed by atoms with Crippen molar-refractivity contribution in [1.82, 2.24) is 5.32 Å². The second kappa shape index (κ2) is 18.0. The molecule has 2 N–H and O–H groups in total. The van der Waals surface area contributed by atoms with E-state index in [1.165, 1.54) is 33.9 Å². The SMILES string of the molecule is CC(C)=CCC/C(C)=C/CC/C(C)=C/Cc1cc(O)cc2c1OC(/C=C(\C)CC/C=C(\C)CCC=C(C)C)C1=C2C(=O)C2=C(NCCS2(=O)=O)C1=O. The Morgan fingerprint density at radius 1 is 0.769 bits per heavy atom. The number of benzene rings is 1. The van der Waals surface area contributed by atoms with Crippen LogP contribution >= 0.6 is 0 Å². The van der Waals surface area contributed by atoms with Gasteiger partial charge in [0.1, 0.15) is 28.2 Å². The van der Waals surface area contributed by atoms with Crippen molar-refractivity contribution in [2.24, 2.45) is 0 Å². The molecule has 1 atom stereocenters.